The van der Waals surface area contributed by atoms with Gasteiger partial charge in [0.2, 0.25) is 10.0 Å². The van der Waals surface area contributed by atoms with Crippen LogP contribution in [0.4, 0.5) is 5.69 Å². The number of hydrogen-bond acceptors (Lipinski definition) is 4. The van der Waals surface area contributed by atoms with Crippen LogP contribution < -0.4 is 20.7 Å². The van der Waals surface area contributed by atoms with Crippen LogP contribution >= 0.6 is 24.0 Å². The molecule has 3 rings (SSSR count). The molecule has 1 atom stereocenters. The number of nitrogens with one attached hydrogen (secondary N) is 2. The van der Waals surface area contributed by atoms with E-state index in [1.807, 2.05) is 24.3 Å². The van der Waals surface area contributed by atoms with E-state index in [4.69, 9.17) is 5.14 Å². The van der Waals surface area contributed by atoms with Crippen molar-refractivity contribution in [3.05, 3.63) is 60.2 Å². The van der Waals surface area contributed by atoms with E-state index in [9.17, 15) is 8.42 Å². The fourth-order valence-corrected chi connectivity index (χ4v) is 3.74. The smallest absolute Gasteiger partial charge is 0.238 e. The number of halogens is 1. The van der Waals surface area contributed by atoms with Crippen LogP contribution in [0.25, 0.3) is 0 Å². The van der Waals surface area contributed by atoms with Crippen LogP contribution in [0.2, 0.25) is 0 Å². The molecule has 7 nitrogen and oxygen atoms in total. The van der Waals surface area contributed by atoms with Gasteiger partial charge in [0.05, 0.1) is 4.90 Å². The molecule has 0 radical (unpaired) electrons. The van der Waals surface area contributed by atoms with Gasteiger partial charge in [-0.15, -0.1) is 24.0 Å². The van der Waals surface area contributed by atoms with Crippen LogP contribution in [0.1, 0.15) is 12.0 Å². The zero-order valence-corrected chi connectivity index (χ0v) is 18.9. The van der Waals surface area contributed by atoms with Crippen LogP contribution in [0.5, 0.6) is 0 Å². The molecule has 1 heterocycles. The van der Waals surface area contributed by atoms with Crippen LogP contribution in [-0.2, 0) is 16.6 Å². The summed E-state index contributed by atoms with van der Waals surface area (Å²) in [5, 5.41) is 11.9. The van der Waals surface area contributed by atoms with Crippen LogP contribution in [0.15, 0.2) is 64.5 Å². The number of para-hydroxylation sites is 1. The number of aliphatic imine (C=N–C) groups is 1. The van der Waals surface area contributed by atoms with Gasteiger partial charge in [-0.25, -0.2) is 13.6 Å². The van der Waals surface area contributed by atoms with Crippen LogP contribution in [-0.4, -0.2) is 40.6 Å². The van der Waals surface area contributed by atoms with Crippen molar-refractivity contribution in [3.8, 4) is 0 Å². The fraction of sp³-hybridized carbons (Fsp3) is 0.316. The summed E-state index contributed by atoms with van der Waals surface area (Å²) in [5.74, 6) is 0.691. The van der Waals surface area contributed by atoms with Crippen molar-refractivity contribution >= 4 is 45.6 Å². The minimum atomic E-state index is -3.70. The molecule has 1 saturated heterocycles. The summed E-state index contributed by atoms with van der Waals surface area (Å²) in [7, 11) is -1.98. The Morgan fingerprint density at radius 2 is 1.96 bits per heavy atom. The Labute approximate surface area is 183 Å². The number of hydrogen-bond donors (Lipinski definition) is 3. The summed E-state index contributed by atoms with van der Waals surface area (Å²) in [6.45, 7) is 2.36. The lowest BCUT2D eigenvalue weighted by molar-refractivity contribution is 0.597. The SMILES string of the molecule is CN=C(NCc1cccc(S(N)(=O)=O)c1)NC1CCN(c2ccccc2)C1.I. The first kappa shape index (κ1) is 22.4. The highest BCUT2D eigenvalue weighted by Crippen LogP contribution is 2.19. The van der Waals surface area contributed by atoms with E-state index in [1.54, 1.807) is 19.2 Å². The second-order valence-electron chi connectivity index (χ2n) is 6.53. The zero-order valence-electron chi connectivity index (χ0n) is 15.7. The molecule has 9 heteroatoms. The molecule has 0 aliphatic carbocycles. The third-order valence-electron chi connectivity index (χ3n) is 4.56. The minimum Gasteiger partial charge on any atom is -0.369 e. The van der Waals surface area contributed by atoms with Gasteiger partial charge >= 0.3 is 0 Å². The molecule has 1 aliphatic heterocycles. The number of nitrogens with two attached hydrogens (primary N) is 1. The van der Waals surface area contributed by atoms with E-state index >= 15 is 0 Å². The van der Waals surface area contributed by atoms with Gasteiger partial charge < -0.3 is 15.5 Å². The minimum absolute atomic E-state index is 0. The van der Waals surface area contributed by atoms with Crippen molar-refractivity contribution in [2.24, 2.45) is 10.1 Å². The van der Waals surface area contributed by atoms with Gasteiger partial charge in [0.25, 0.3) is 0 Å². The van der Waals surface area contributed by atoms with Crippen molar-refractivity contribution < 1.29 is 8.42 Å². The molecule has 0 spiro atoms. The Bertz CT molecular complexity index is 906. The molecule has 2 aromatic rings. The van der Waals surface area contributed by atoms with Gasteiger partial charge in [-0.3, -0.25) is 4.99 Å². The van der Waals surface area contributed by atoms with Gasteiger partial charge in [-0.1, -0.05) is 30.3 Å². The van der Waals surface area contributed by atoms with Gasteiger partial charge in [-0.05, 0) is 36.2 Å². The van der Waals surface area contributed by atoms with E-state index < -0.39 is 10.0 Å². The molecule has 0 amide bonds. The van der Waals surface area contributed by atoms with Crippen LogP contribution in [0.3, 0.4) is 0 Å². The third-order valence-corrected chi connectivity index (χ3v) is 5.47. The molecular formula is C19H26IN5O2S. The zero-order chi connectivity index (χ0) is 19.3. The summed E-state index contributed by atoms with van der Waals surface area (Å²) in [6.07, 6.45) is 1.02. The van der Waals surface area contributed by atoms with Crippen molar-refractivity contribution in [2.45, 2.75) is 23.9 Å². The van der Waals surface area contributed by atoms with Crippen LogP contribution in [0, 0.1) is 0 Å². The van der Waals surface area contributed by atoms with Crippen molar-refractivity contribution in [1.82, 2.24) is 10.6 Å². The largest absolute Gasteiger partial charge is 0.369 e. The average Bonchev–Trinajstić information content (AvgIpc) is 3.14. The molecule has 1 unspecified atom stereocenters. The van der Waals surface area contributed by atoms with E-state index in [0.29, 0.717) is 18.5 Å². The average molecular weight is 515 g/mol. The fourth-order valence-electron chi connectivity index (χ4n) is 3.16. The first-order valence-corrected chi connectivity index (χ1v) is 10.4. The van der Waals surface area contributed by atoms with E-state index in [0.717, 1.165) is 25.1 Å². The molecule has 0 bridgehead atoms. The van der Waals surface area contributed by atoms with Gasteiger partial charge in [0.1, 0.15) is 0 Å². The quantitative estimate of drug-likeness (QED) is 0.321. The topological polar surface area (TPSA) is 99.8 Å². The number of rotatable bonds is 5. The molecule has 4 N–H and O–H groups in total. The maximum Gasteiger partial charge on any atom is 0.238 e. The Morgan fingerprint density at radius 3 is 2.64 bits per heavy atom. The molecular weight excluding hydrogens is 489 g/mol. The van der Waals surface area contributed by atoms with Crippen molar-refractivity contribution in [3.63, 3.8) is 0 Å². The first-order valence-electron chi connectivity index (χ1n) is 8.84. The summed E-state index contributed by atoms with van der Waals surface area (Å²) >= 11 is 0. The number of guanidine groups is 1. The lowest BCUT2D eigenvalue weighted by Crippen LogP contribution is -2.44. The molecule has 2 aromatic carbocycles. The van der Waals surface area contributed by atoms with Crippen molar-refractivity contribution in [1.29, 1.82) is 0 Å². The number of benzene rings is 2. The maximum absolute atomic E-state index is 11.5. The second-order valence-corrected chi connectivity index (χ2v) is 8.09. The Morgan fingerprint density at radius 1 is 1.21 bits per heavy atom. The monoisotopic (exact) mass is 515 g/mol. The lowest BCUT2D eigenvalue weighted by atomic mass is 10.2. The predicted molar refractivity (Wildman–Crippen MR) is 124 cm³/mol. The Kier molecular flexibility index (Phi) is 8.08. The van der Waals surface area contributed by atoms with E-state index in [-0.39, 0.29) is 28.9 Å². The summed E-state index contributed by atoms with van der Waals surface area (Å²) in [6, 6.07) is 17.2. The first-order chi connectivity index (χ1) is 13.0. The molecule has 0 saturated carbocycles. The highest BCUT2D eigenvalue weighted by molar-refractivity contribution is 14.0. The Balaban J connectivity index is 0.00000280. The highest BCUT2D eigenvalue weighted by atomic mass is 127. The van der Waals surface area contributed by atoms with E-state index in [1.165, 1.54) is 11.8 Å². The van der Waals surface area contributed by atoms with Crippen molar-refractivity contribution in [2.75, 3.05) is 25.0 Å². The van der Waals surface area contributed by atoms with Gasteiger partial charge in [0.15, 0.2) is 5.96 Å². The molecule has 0 aromatic heterocycles. The van der Waals surface area contributed by atoms with Gasteiger partial charge in [-0.2, -0.15) is 0 Å². The number of sulfonamides is 1. The standard InChI is InChI=1S/C19H25N5O2S.HI/c1-21-19(22-13-15-6-5-9-18(12-15)27(20,25)26)23-16-10-11-24(14-16)17-7-3-2-4-8-17;/h2-9,12,16H,10-11,13-14H2,1H3,(H2,20,25,26)(H2,21,22,23);1H. The second kappa shape index (κ2) is 10.1. The normalized spacial score (nSPS) is 17.1. The molecule has 28 heavy (non-hydrogen) atoms. The lowest BCUT2D eigenvalue weighted by Gasteiger charge is -2.20. The number of nitrogens with zero attached hydrogens (tertiary/aromatic N) is 2. The summed E-state index contributed by atoms with van der Waals surface area (Å²) < 4.78 is 22.9. The summed E-state index contributed by atoms with van der Waals surface area (Å²) in [5.41, 5.74) is 2.05. The molecule has 152 valence electrons. The number of primary sulfonamides is 1. The highest BCUT2D eigenvalue weighted by Gasteiger charge is 2.23. The van der Waals surface area contributed by atoms with Gasteiger partial charge in [0, 0.05) is 38.4 Å². The molecule has 1 aliphatic rings. The third kappa shape index (κ3) is 6.08. The predicted octanol–water partition coefficient (Wildman–Crippen LogP) is 1.90. The number of anilines is 1. The van der Waals surface area contributed by atoms with E-state index in [2.05, 4.69) is 32.7 Å². The Hall–Kier alpha value is -1.85. The maximum atomic E-state index is 11.5. The summed E-state index contributed by atoms with van der Waals surface area (Å²) in [4.78, 5) is 6.73. The molecule has 1 fully saturated rings.